The summed E-state index contributed by atoms with van der Waals surface area (Å²) in [4.78, 5) is 11.0. The van der Waals surface area contributed by atoms with Crippen molar-refractivity contribution < 1.29 is 23.6 Å². The molecule has 1 unspecified atom stereocenters. The fraction of sp³-hybridized carbons (Fsp3) is 0.316. The second kappa shape index (κ2) is 8.15. The van der Waals surface area contributed by atoms with Crippen LogP contribution >= 0.6 is 22.6 Å². The highest BCUT2D eigenvalue weighted by molar-refractivity contribution is 14.1. The lowest BCUT2D eigenvalue weighted by atomic mass is 9.96. The number of carboxylic acid groups (broad SMARTS) is 1. The molecule has 0 aliphatic carbocycles. The maximum Gasteiger partial charge on any atom is 0.303 e. The first-order chi connectivity index (χ1) is 12.8. The third-order valence-corrected chi connectivity index (χ3v) is 7.31. The molecule has 0 saturated carbocycles. The molecule has 1 aliphatic rings. The third-order valence-electron chi connectivity index (χ3n) is 4.81. The predicted octanol–water partition coefficient (Wildman–Crippen LogP) is 2.34. The molecular formula is C19H22IN2O4S+. The second-order valence-corrected chi connectivity index (χ2v) is 9.75. The van der Waals surface area contributed by atoms with Gasteiger partial charge in [-0.3, -0.25) is 9.10 Å². The number of nitrogens with two attached hydrogens (primary N) is 1. The van der Waals surface area contributed by atoms with Gasteiger partial charge in [0.2, 0.25) is 0 Å². The van der Waals surface area contributed by atoms with Gasteiger partial charge in [0.1, 0.15) is 6.04 Å². The molecule has 1 heterocycles. The second-order valence-electron chi connectivity index (χ2n) is 6.57. The van der Waals surface area contributed by atoms with E-state index in [0.29, 0.717) is 17.0 Å². The minimum atomic E-state index is -3.64. The van der Waals surface area contributed by atoms with E-state index in [1.165, 1.54) is 4.31 Å². The van der Waals surface area contributed by atoms with E-state index in [4.69, 9.17) is 5.11 Å². The number of benzene rings is 2. The lowest BCUT2D eigenvalue weighted by Gasteiger charge is -2.20. The predicted molar refractivity (Wildman–Crippen MR) is 111 cm³/mol. The molecule has 0 saturated heterocycles. The first-order valence-electron chi connectivity index (χ1n) is 8.75. The van der Waals surface area contributed by atoms with Crippen molar-refractivity contribution in [2.75, 3.05) is 17.9 Å². The van der Waals surface area contributed by atoms with Gasteiger partial charge in [-0.1, -0.05) is 24.3 Å². The van der Waals surface area contributed by atoms with Gasteiger partial charge in [0.05, 0.1) is 17.1 Å². The van der Waals surface area contributed by atoms with Gasteiger partial charge in [-0.15, -0.1) is 0 Å². The highest BCUT2D eigenvalue weighted by atomic mass is 127. The summed E-state index contributed by atoms with van der Waals surface area (Å²) >= 11 is 2.13. The number of fused-ring (bicyclic) bond motifs is 2. The molecule has 3 N–H and O–H groups in total. The molecule has 0 amide bonds. The van der Waals surface area contributed by atoms with Crippen LogP contribution in [0.2, 0.25) is 0 Å². The minimum absolute atomic E-state index is 0.154. The van der Waals surface area contributed by atoms with Crippen LogP contribution in [0.4, 0.5) is 5.69 Å². The fourth-order valence-corrected chi connectivity index (χ4v) is 5.62. The van der Waals surface area contributed by atoms with Crippen LogP contribution in [0.1, 0.15) is 36.4 Å². The molecule has 0 spiro atoms. The molecule has 8 heteroatoms. The molecule has 0 radical (unpaired) electrons. The molecule has 1 aliphatic heterocycles. The zero-order valence-corrected chi connectivity index (χ0v) is 17.9. The molecule has 0 fully saturated rings. The zero-order chi connectivity index (χ0) is 19.6. The number of hydrogen-bond donors (Lipinski definition) is 2. The average molecular weight is 501 g/mol. The molecule has 3 rings (SSSR count). The van der Waals surface area contributed by atoms with E-state index in [0.717, 1.165) is 27.7 Å². The number of halogens is 1. The Morgan fingerprint density at radius 2 is 1.93 bits per heavy atom. The van der Waals surface area contributed by atoms with Gasteiger partial charge in [0.25, 0.3) is 10.0 Å². The summed E-state index contributed by atoms with van der Waals surface area (Å²) in [7, 11) is -2.05. The maximum atomic E-state index is 13.2. The Labute approximate surface area is 172 Å². The summed E-state index contributed by atoms with van der Waals surface area (Å²) < 4.78 is 28.6. The molecule has 1 atom stereocenters. The van der Waals surface area contributed by atoms with Gasteiger partial charge < -0.3 is 10.4 Å². The van der Waals surface area contributed by atoms with Crippen molar-refractivity contribution in [2.45, 2.75) is 30.2 Å². The minimum Gasteiger partial charge on any atom is -0.481 e. The van der Waals surface area contributed by atoms with E-state index in [-0.39, 0.29) is 12.5 Å². The molecular weight excluding hydrogens is 479 g/mol. The molecule has 27 heavy (non-hydrogen) atoms. The quantitative estimate of drug-likeness (QED) is 0.470. The molecule has 2 aromatic carbocycles. The number of quaternary nitrogens is 1. The summed E-state index contributed by atoms with van der Waals surface area (Å²) in [6, 6.07) is 12.9. The van der Waals surface area contributed by atoms with Crippen LogP contribution in [0, 0.1) is 3.57 Å². The van der Waals surface area contributed by atoms with Crippen molar-refractivity contribution >= 4 is 44.3 Å². The van der Waals surface area contributed by atoms with Crippen molar-refractivity contribution in [3.63, 3.8) is 0 Å². The van der Waals surface area contributed by atoms with Gasteiger partial charge in [-0.2, -0.15) is 0 Å². The van der Waals surface area contributed by atoms with Crippen LogP contribution in [0.5, 0.6) is 0 Å². The first kappa shape index (κ1) is 20.1. The normalized spacial score (nSPS) is 17.7. The number of nitrogens with zero attached hydrogens (tertiary/aromatic N) is 1. The van der Waals surface area contributed by atoms with Gasteiger partial charge in [-0.05, 0) is 53.6 Å². The highest BCUT2D eigenvalue weighted by Gasteiger charge is 2.36. The van der Waals surface area contributed by atoms with Gasteiger partial charge in [0.15, 0.2) is 0 Å². The highest BCUT2D eigenvalue weighted by Crippen LogP contribution is 2.38. The smallest absolute Gasteiger partial charge is 0.303 e. The first-order valence-corrected chi connectivity index (χ1v) is 11.3. The SMILES string of the molecule is CN1c2ccccc2C([NH2+]CCCCC(=O)O)c2ccc(I)cc2S1(=O)=O. The number of rotatable bonds is 6. The van der Waals surface area contributed by atoms with Gasteiger partial charge >= 0.3 is 5.97 Å². The summed E-state index contributed by atoms with van der Waals surface area (Å²) in [6.07, 6.45) is 1.52. The maximum absolute atomic E-state index is 13.2. The molecule has 2 aromatic rings. The van der Waals surface area contributed by atoms with Crippen LogP contribution in [0.3, 0.4) is 0 Å². The van der Waals surface area contributed by atoms with E-state index in [1.54, 1.807) is 13.1 Å². The number of para-hydroxylation sites is 1. The number of hydrogen-bond acceptors (Lipinski definition) is 3. The van der Waals surface area contributed by atoms with Crippen LogP contribution in [-0.4, -0.2) is 33.1 Å². The monoisotopic (exact) mass is 501 g/mol. The Balaban J connectivity index is 2.01. The summed E-state index contributed by atoms with van der Waals surface area (Å²) in [6.45, 7) is 0.724. The van der Waals surface area contributed by atoms with E-state index >= 15 is 0 Å². The number of anilines is 1. The number of unbranched alkanes of at least 4 members (excludes halogenated alkanes) is 1. The van der Waals surface area contributed by atoms with Crippen molar-refractivity contribution in [3.8, 4) is 0 Å². The Morgan fingerprint density at radius 3 is 2.67 bits per heavy atom. The van der Waals surface area contributed by atoms with E-state index in [1.807, 2.05) is 36.4 Å². The Hall–Kier alpha value is -1.65. The average Bonchev–Trinajstić information content (AvgIpc) is 2.70. The number of carbonyl (C=O) groups is 1. The third kappa shape index (κ3) is 4.12. The van der Waals surface area contributed by atoms with Gasteiger partial charge in [0, 0.05) is 28.2 Å². The van der Waals surface area contributed by atoms with E-state index < -0.39 is 16.0 Å². The van der Waals surface area contributed by atoms with Crippen LogP contribution in [0.15, 0.2) is 47.4 Å². The van der Waals surface area contributed by atoms with Gasteiger partial charge in [-0.25, -0.2) is 8.42 Å². The molecule has 0 bridgehead atoms. The van der Waals surface area contributed by atoms with Crippen molar-refractivity contribution in [1.29, 1.82) is 0 Å². The Bertz CT molecular complexity index is 962. The molecule has 6 nitrogen and oxygen atoms in total. The lowest BCUT2D eigenvalue weighted by Crippen LogP contribution is -2.85. The van der Waals surface area contributed by atoms with Crippen LogP contribution < -0.4 is 9.62 Å². The van der Waals surface area contributed by atoms with Crippen LogP contribution in [0.25, 0.3) is 0 Å². The number of carboxylic acids is 1. The summed E-state index contributed by atoms with van der Waals surface area (Å²) in [5.41, 5.74) is 2.39. The number of aliphatic carboxylic acids is 1. The standard InChI is InChI=1S/C19H21IN2O4S/c1-22-16-7-3-2-6-14(16)19(21-11-5-4-8-18(23)24)15-10-9-13(20)12-17(15)27(22,25)26/h2-3,6-7,9-10,12,19,21H,4-5,8,11H2,1H3,(H,23,24)/p+1. The largest absolute Gasteiger partial charge is 0.481 e. The van der Waals surface area contributed by atoms with Crippen molar-refractivity contribution in [1.82, 2.24) is 0 Å². The molecule has 144 valence electrons. The summed E-state index contributed by atoms with van der Waals surface area (Å²) in [5.74, 6) is -0.789. The number of sulfonamides is 1. The zero-order valence-electron chi connectivity index (χ0n) is 14.9. The van der Waals surface area contributed by atoms with E-state index in [9.17, 15) is 13.2 Å². The van der Waals surface area contributed by atoms with Crippen molar-refractivity contribution in [2.24, 2.45) is 0 Å². The lowest BCUT2D eigenvalue weighted by molar-refractivity contribution is -0.687. The fourth-order valence-electron chi connectivity index (χ4n) is 3.43. The van der Waals surface area contributed by atoms with Crippen molar-refractivity contribution in [3.05, 3.63) is 57.2 Å². The Morgan fingerprint density at radius 1 is 1.19 bits per heavy atom. The Kier molecular flexibility index (Phi) is 6.07. The van der Waals surface area contributed by atoms with Crippen LogP contribution in [-0.2, 0) is 14.8 Å². The summed E-state index contributed by atoms with van der Waals surface area (Å²) in [5, 5.41) is 10.9. The topological polar surface area (TPSA) is 91.3 Å². The molecule has 0 aromatic heterocycles. The van der Waals surface area contributed by atoms with E-state index in [2.05, 4.69) is 27.9 Å².